The molecule has 2 rings (SSSR count). The van der Waals surface area contributed by atoms with Crippen molar-refractivity contribution in [2.45, 2.75) is 46.1 Å². The summed E-state index contributed by atoms with van der Waals surface area (Å²) in [4.78, 5) is 13.8. The number of rotatable bonds is 1. The van der Waals surface area contributed by atoms with Gasteiger partial charge in [0.1, 0.15) is 0 Å². The molecule has 86 valence electrons. The second kappa shape index (κ2) is 3.69. The van der Waals surface area contributed by atoms with Crippen LogP contribution in [0.1, 0.15) is 40.0 Å². The van der Waals surface area contributed by atoms with E-state index in [0.717, 1.165) is 38.3 Å². The Hall–Kier alpha value is -0.730. The van der Waals surface area contributed by atoms with Gasteiger partial charge in [-0.3, -0.25) is 0 Å². The lowest BCUT2D eigenvalue weighted by Gasteiger charge is -2.30. The van der Waals surface area contributed by atoms with Crippen LogP contribution in [0.15, 0.2) is 0 Å². The van der Waals surface area contributed by atoms with Crippen LogP contribution in [0.2, 0.25) is 0 Å². The molecule has 15 heavy (non-hydrogen) atoms. The van der Waals surface area contributed by atoms with Gasteiger partial charge in [0, 0.05) is 19.1 Å². The Kier molecular flexibility index (Phi) is 2.65. The summed E-state index contributed by atoms with van der Waals surface area (Å²) in [5.74, 6) is 0.784. The van der Waals surface area contributed by atoms with Gasteiger partial charge in [-0.1, -0.05) is 20.8 Å². The second-order valence-electron chi connectivity index (χ2n) is 5.86. The minimum absolute atomic E-state index is 0.150. The van der Waals surface area contributed by atoms with E-state index in [0.29, 0.717) is 11.5 Å². The highest BCUT2D eigenvalue weighted by Crippen LogP contribution is 2.44. The van der Waals surface area contributed by atoms with E-state index in [1.165, 1.54) is 0 Å². The third-order valence-corrected chi connectivity index (χ3v) is 3.88. The summed E-state index contributed by atoms with van der Waals surface area (Å²) in [5, 5.41) is 3.12. The van der Waals surface area contributed by atoms with Gasteiger partial charge in [-0.2, -0.15) is 0 Å². The van der Waals surface area contributed by atoms with Crippen LogP contribution in [0, 0.1) is 11.3 Å². The Morgan fingerprint density at radius 1 is 1.33 bits per heavy atom. The summed E-state index contributed by atoms with van der Waals surface area (Å²) >= 11 is 0. The lowest BCUT2D eigenvalue weighted by atomic mass is 10.00. The number of carbonyl (C=O) groups excluding carboxylic acids is 1. The Morgan fingerprint density at radius 3 is 2.33 bits per heavy atom. The van der Waals surface area contributed by atoms with Crippen molar-refractivity contribution in [1.82, 2.24) is 10.2 Å². The van der Waals surface area contributed by atoms with E-state index in [4.69, 9.17) is 0 Å². The molecule has 1 aliphatic heterocycles. The molecule has 2 amide bonds. The lowest BCUT2D eigenvalue weighted by Crippen LogP contribution is -2.45. The molecular formula is C12H22N2O. The number of urea groups is 1. The van der Waals surface area contributed by atoms with Crippen molar-refractivity contribution in [3.05, 3.63) is 0 Å². The van der Waals surface area contributed by atoms with Gasteiger partial charge in [0.2, 0.25) is 0 Å². The predicted molar refractivity (Wildman–Crippen MR) is 60.7 cm³/mol. The van der Waals surface area contributed by atoms with E-state index in [2.05, 4.69) is 26.1 Å². The SMILES string of the molecule is CC1CCN(C(=O)NC2CC2(C)C)CC1. The molecule has 3 nitrogen and oxygen atoms in total. The third-order valence-electron chi connectivity index (χ3n) is 3.88. The van der Waals surface area contributed by atoms with Crippen molar-refractivity contribution < 1.29 is 4.79 Å². The number of nitrogens with one attached hydrogen (secondary N) is 1. The van der Waals surface area contributed by atoms with Crippen LogP contribution in [0.3, 0.4) is 0 Å². The van der Waals surface area contributed by atoms with Crippen molar-refractivity contribution in [3.63, 3.8) is 0 Å². The van der Waals surface area contributed by atoms with Crippen molar-refractivity contribution in [2.75, 3.05) is 13.1 Å². The molecule has 1 atom stereocenters. The van der Waals surface area contributed by atoms with E-state index in [-0.39, 0.29) is 6.03 Å². The van der Waals surface area contributed by atoms with E-state index >= 15 is 0 Å². The minimum Gasteiger partial charge on any atom is -0.335 e. The monoisotopic (exact) mass is 210 g/mol. The van der Waals surface area contributed by atoms with Gasteiger partial charge in [0.05, 0.1) is 0 Å². The standard InChI is InChI=1S/C12H22N2O/c1-9-4-6-14(7-5-9)11(15)13-10-8-12(10,2)3/h9-10H,4-8H2,1-3H3,(H,13,15). The molecule has 0 aromatic rings. The van der Waals surface area contributed by atoms with Crippen LogP contribution < -0.4 is 5.32 Å². The molecule has 1 unspecified atom stereocenters. The number of hydrogen-bond donors (Lipinski definition) is 1. The molecule has 0 radical (unpaired) electrons. The molecule has 0 bridgehead atoms. The number of hydrogen-bond acceptors (Lipinski definition) is 1. The smallest absolute Gasteiger partial charge is 0.317 e. The highest BCUT2D eigenvalue weighted by molar-refractivity contribution is 5.75. The summed E-state index contributed by atoms with van der Waals surface area (Å²) < 4.78 is 0. The van der Waals surface area contributed by atoms with E-state index < -0.39 is 0 Å². The first kappa shape index (κ1) is 10.8. The third kappa shape index (κ3) is 2.44. The molecule has 2 aliphatic rings. The van der Waals surface area contributed by atoms with Crippen molar-refractivity contribution in [2.24, 2.45) is 11.3 Å². The summed E-state index contributed by atoms with van der Waals surface area (Å²) in [7, 11) is 0. The Labute approximate surface area is 92.2 Å². The van der Waals surface area contributed by atoms with Gasteiger partial charge >= 0.3 is 6.03 Å². The van der Waals surface area contributed by atoms with Crippen LogP contribution in [-0.2, 0) is 0 Å². The fourth-order valence-corrected chi connectivity index (χ4v) is 2.17. The number of piperidine rings is 1. The van der Waals surface area contributed by atoms with Gasteiger partial charge in [-0.15, -0.1) is 0 Å². The summed E-state index contributed by atoms with van der Waals surface area (Å²) in [5.41, 5.74) is 0.332. The lowest BCUT2D eigenvalue weighted by molar-refractivity contribution is 0.172. The highest BCUT2D eigenvalue weighted by atomic mass is 16.2. The predicted octanol–water partition coefficient (Wildman–Crippen LogP) is 2.23. The maximum absolute atomic E-state index is 11.9. The van der Waals surface area contributed by atoms with Crippen LogP contribution in [-0.4, -0.2) is 30.1 Å². The Balaban J connectivity index is 1.77. The van der Waals surface area contributed by atoms with Crippen molar-refractivity contribution in [3.8, 4) is 0 Å². The molecule has 1 aliphatic carbocycles. The number of nitrogens with zero attached hydrogens (tertiary/aromatic N) is 1. The van der Waals surface area contributed by atoms with Crippen LogP contribution in [0.25, 0.3) is 0 Å². The molecular weight excluding hydrogens is 188 g/mol. The van der Waals surface area contributed by atoms with Crippen LogP contribution in [0.5, 0.6) is 0 Å². The Bertz CT molecular complexity index is 254. The number of likely N-dealkylation sites (tertiary alicyclic amines) is 1. The first-order chi connectivity index (χ1) is 6.99. The maximum atomic E-state index is 11.9. The first-order valence-corrected chi connectivity index (χ1v) is 6.04. The molecule has 1 heterocycles. The second-order valence-corrected chi connectivity index (χ2v) is 5.86. The largest absolute Gasteiger partial charge is 0.335 e. The normalized spacial score (nSPS) is 30.1. The quantitative estimate of drug-likeness (QED) is 0.707. The highest BCUT2D eigenvalue weighted by Gasteiger charge is 2.47. The van der Waals surface area contributed by atoms with Crippen molar-refractivity contribution in [1.29, 1.82) is 0 Å². The zero-order valence-electron chi connectivity index (χ0n) is 10.0. The average molecular weight is 210 g/mol. The van der Waals surface area contributed by atoms with E-state index in [9.17, 15) is 4.79 Å². The minimum atomic E-state index is 0.150. The van der Waals surface area contributed by atoms with Crippen LogP contribution in [0.4, 0.5) is 4.79 Å². The molecule has 1 saturated heterocycles. The summed E-state index contributed by atoms with van der Waals surface area (Å²) in [6.07, 6.45) is 3.44. The first-order valence-electron chi connectivity index (χ1n) is 6.04. The maximum Gasteiger partial charge on any atom is 0.317 e. The van der Waals surface area contributed by atoms with Gasteiger partial charge in [0.15, 0.2) is 0 Å². The van der Waals surface area contributed by atoms with Gasteiger partial charge in [0.25, 0.3) is 0 Å². The molecule has 0 aromatic heterocycles. The number of carbonyl (C=O) groups is 1. The van der Waals surface area contributed by atoms with E-state index in [1.807, 2.05) is 4.90 Å². The summed E-state index contributed by atoms with van der Waals surface area (Å²) in [6, 6.07) is 0.557. The molecule has 0 spiro atoms. The van der Waals surface area contributed by atoms with Crippen LogP contribution >= 0.6 is 0 Å². The summed E-state index contributed by atoms with van der Waals surface area (Å²) in [6.45, 7) is 8.53. The van der Waals surface area contributed by atoms with Crippen molar-refractivity contribution >= 4 is 6.03 Å². The Morgan fingerprint density at radius 2 is 1.87 bits per heavy atom. The topological polar surface area (TPSA) is 32.3 Å². The van der Waals surface area contributed by atoms with Gasteiger partial charge in [-0.05, 0) is 30.6 Å². The molecule has 2 fully saturated rings. The number of amides is 2. The molecule has 3 heteroatoms. The molecule has 0 aromatic carbocycles. The molecule has 1 saturated carbocycles. The zero-order valence-corrected chi connectivity index (χ0v) is 10.0. The van der Waals surface area contributed by atoms with Gasteiger partial charge in [-0.25, -0.2) is 4.79 Å². The fourth-order valence-electron chi connectivity index (χ4n) is 2.17. The van der Waals surface area contributed by atoms with E-state index in [1.54, 1.807) is 0 Å². The zero-order chi connectivity index (χ0) is 11.1. The average Bonchev–Trinajstić information content (AvgIpc) is 2.74. The molecule has 1 N–H and O–H groups in total. The fraction of sp³-hybridized carbons (Fsp3) is 0.917. The van der Waals surface area contributed by atoms with Gasteiger partial charge < -0.3 is 10.2 Å².